The molecule has 7 heteroatoms. The van der Waals surface area contributed by atoms with Gasteiger partial charge in [0.05, 0.1) is 11.4 Å². The zero-order valence-corrected chi connectivity index (χ0v) is 19.9. The number of halogens is 4. The van der Waals surface area contributed by atoms with Crippen LogP contribution >= 0.6 is 55.1 Å². The van der Waals surface area contributed by atoms with E-state index in [1.54, 1.807) is 36.4 Å². The molecule has 30 heavy (non-hydrogen) atoms. The molecule has 0 aliphatic rings. The highest BCUT2D eigenvalue weighted by Crippen LogP contribution is 2.35. The molecule has 0 fully saturated rings. The van der Waals surface area contributed by atoms with Crippen molar-refractivity contribution in [3.8, 4) is 22.5 Å². The van der Waals surface area contributed by atoms with Crippen molar-refractivity contribution < 1.29 is 4.79 Å². The standard InChI is InChI=1S/C23H12Br2Cl2N2O/c24-19-11-9-15(21(28-19)13-5-1-3-7-17(13)26)23(30)16-10-12-20(25)29-22(16)14-6-2-4-8-18(14)27/h1-12H. The maximum Gasteiger partial charge on any atom is 0.197 e. The van der Waals surface area contributed by atoms with Gasteiger partial charge in [0.2, 0.25) is 0 Å². The number of carbonyl (C=O) groups excluding carboxylic acids is 1. The van der Waals surface area contributed by atoms with Crippen molar-refractivity contribution in [3.63, 3.8) is 0 Å². The minimum Gasteiger partial charge on any atom is -0.288 e. The summed E-state index contributed by atoms with van der Waals surface area (Å²) < 4.78 is 1.21. The molecule has 2 aromatic carbocycles. The first-order valence-electron chi connectivity index (χ1n) is 8.83. The van der Waals surface area contributed by atoms with Gasteiger partial charge in [-0.15, -0.1) is 0 Å². The lowest BCUT2D eigenvalue weighted by Crippen LogP contribution is -2.08. The summed E-state index contributed by atoms with van der Waals surface area (Å²) in [5.41, 5.74) is 3.18. The van der Waals surface area contributed by atoms with Crippen LogP contribution in [0.5, 0.6) is 0 Å². The lowest BCUT2D eigenvalue weighted by Gasteiger charge is -2.13. The van der Waals surface area contributed by atoms with E-state index < -0.39 is 0 Å². The molecule has 0 saturated heterocycles. The Balaban J connectivity index is 1.93. The van der Waals surface area contributed by atoms with Crippen LogP contribution in [0.15, 0.2) is 82.0 Å². The maximum atomic E-state index is 13.7. The summed E-state index contributed by atoms with van der Waals surface area (Å²) in [5, 5.41) is 1.02. The van der Waals surface area contributed by atoms with Gasteiger partial charge in [-0.3, -0.25) is 4.79 Å². The minimum absolute atomic E-state index is 0.222. The van der Waals surface area contributed by atoms with Crippen LogP contribution in [0, 0.1) is 0 Å². The fourth-order valence-corrected chi connectivity index (χ4v) is 4.17. The molecule has 2 aromatic heterocycles. The molecule has 0 bridgehead atoms. The van der Waals surface area contributed by atoms with Crippen molar-refractivity contribution in [2.45, 2.75) is 0 Å². The van der Waals surface area contributed by atoms with E-state index >= 15 is 0 Å². The second kappa shape index (κ2) is 8.98. The molecule has 2 heterocycles. The van der Waals surface area contributed by atoms with E-state index in [2.05, 4.69) is 41.8 Å². The maximum absolute atomic E-state index is 13.7. The summed E-state index contributed by atoms with van der Waals surface area (Å²) in [6, 6.07) is 21.5. The predicted molar refractivity (Wildman–Crippen MR) is 128 cm³/mol. The Bertz CT molecular complexity index is 1180. The second-order valence-electron chi connectivity index (χ2n) is 6.35. The number of benzene rings is 2. The average molecular weight is 563 g/mol. The number of hydrogen-bond donors (Lipinski definition) is 0. The summed E-state index contributed by atoms with van der Waals surface area (Å²) in [4.78, 5) is 22.8. The SMILES string of the molecule is O=C(c1ccc(Br)nc1-c1ccccc1Cl)c1ccc(Br)nc1-c1ccccc1Cl. The minimum atomic E-state index is -0.222. The van der Waals surface area contributed by atoms with Crippen molar-refractivity contribution in [2.24, 2.45) is 0 Å². The molecule has 3 nitrogen and oxygen atoms in total. The average Bonchev–Trinajstić information content (AvgIpc) is 2.74. The normalized spacial score (nSPS) is 10.8. The number of rotatable bonds is 4. The van der Waals surface area contributed by atoms with Gasteiger partial charge in [0.15, 0.2) is 5.78 Å². The zero-order valence-electron chi connectivity index (χ0n) is 15.2. The molecule has 0 N–H and O–H groups in total. The van der Waals surface area contributed by atoms with Gasteiger partial charge in [0, 0.05) is 32.3 Å². The molecule has 0 aliphatic heterocycles. The van der Waals surface area contributed by atoms with Gasteiger partial charge in [0.1, 0.15) is 9.21 Å². The highest BCUT2D eigenvalue weighted by Gasteiger charge is 2.23. The van der Waals surface area contributed by atoms with Crippen LogP contribution in [-0.2, 0) is 0 Å². The van der Waals surface area contributed by atoms with Crippen LogP contribution in [0.4, 0.5) is 0 Å². The van der Waals surface area contributed by atoms with Crippen LogP contribution in [0.25, 0.3) is 22.5 Å². The molecular formula is C23H12Br2Cl2N2O. The Kier molecular flexibility index (Phi) is 6.34. The third-order valence-electron chi connectivity index (χ3n) is 4.47. The second-order valence-corrected chi connectivity index (χ2v) is 8.79. The number of nitrogens with zero attached hydrogens (tertiary/aromatic N) is 2. The fraction of sp³-hybridized carbons (Fsp3) is 0. The lowest BCUT2D eigenvalue weighted by atomic mass is 9.95. The molecule has 4 rings (SSSR count). The topological polar surface area (TPSA) is 42.9 Å². The van der Waals surface area contributed by atoms with E-state index in [-0.39, 0.29) is 5.78 Å². The smallest absolute Gasteiger partial charge is 0.197 e. The number of hydrogen-bond acceptors (Lipinski definition) is 3. The Hall–Kier alpha value is -2.05. The van der Waals surface area contributed by atoms with Gasteiger partial charge >= 0.3 is 0 Å². The molecular weight excluding hydrogens is 551 g/mol. The first kappa shape index (κ1) is 21.2. The summed E-state index contributed by atoms with van der Waals surface area (Å²) in [6.45, 7) is 0. The number of carbonyl (C=O) groups is 1. The number of ketones is 1. The molecule has 0 amide bonds. The third-order valence-corrected chi connectivity index (χ3v) is 6.01. The van der Waals surface area contributed by atoms with E-state index in [1.165, 1.54) is 0 Å². The molecule has 148 valence electrons. The summed E-state index contributed by atoms with van der Waals surface area (Å²) in [7, 11) is 0. The van der Waals surface area contributed by atoms with E-state index in [0.717, 1.165) is 0 Å². The monoisotopic (exact) mass is 560 g/mol. The predicted octanol–water partition coefficient (Wildman–Crippen LogP) is 7.87. The highest BCUT2D eigenvalue weighted by molar-refractivity contribution is 9.10. The van der Waals surface area contributed by atoms with E-state index in [0.29, 0.717) is 52.9 Å². The van der Waals surface area contributed by atoms with Crippen molar-refractivity contribution in [1.29, 1.82) is 0 Å². The van der Waals surface area contributed by atoms with Crippen molar-refractivity contribution >= 4 is 60.8 Å². The van der Waals surface area contributed by atoms with Crippen LogP contribution in [0.3, 0.4) is 0 Å². The molecule has 0 aliphatic carbocycles. The zero-order chi connectivity index (χ0) is 21.3. The van der Waals surface area contributed by atoms with Crippen LogP contribution in [0.1, 0.15) is 15.9 Å². The molecule has 0 unspecified atom stereocenters. The largest absolute Gasteiger partial charge is 0.288 e. The number of pyridine rings is 2. The first-order valence-corrected chi connectivity index (χ1v) is 11.2. The molecule has 4 aromatic rings. The summed E-state index contributed by atoms with van der Waals surface area (Å²) >= 11 is 19.6. The van der Waals surface area contributed by atoms with Gasteiger partial charge in [-0.05, 0) is 68.3 Å². The molecule has 0 saturated carbocycles. The van der Waals surface area contributed by atoms with E-state index in [9.17, 15) is 4.79 Å². The van der Waals surface area contributed by atoms with Gasteiger partial charge in [0.25, 0.3) is 0 Å². The third kappa shape index (κ3) is 4.21. The molecule has 0 radical (unpaired) electrons. The van der Waals surface area contributed by atoms with Crippen LogP contribution in [-0.4, -0.2) is 15.8 Å². The Morgan fingerprint density at radius 2 is 1.03 bits per heavy atom. The highest BCUT2D eigenvalue weighted by atomic mass is 79.9. The first-order chi connectivity index (χ1) is 14.5. The van der Waals surface area contributed by atoms with Crippen LogP contribution < -0.4 is 0 Å². The van der Waals surface area contributed by atoms with Crippen molar-refractivity contribution in [3.05, 3.63) is 103 Å². The van der Waals surface area contributed by atoms with Crippen LogP contribution in [0.2, 0.25) is 10.0 Å². The molecule has 0 atom stereocenters. The van der Waals surface area contributed by atoms with Gasteiger partial charge in [-0.25, -0.2) is 9.97 Å². The quantitative estimate of drug-likeness (QED) is 0.188. The van der Waals surface area contributed by atoms with Gasteiger partial charge < -0.3 is 0 Å². The van der Waals surface area contributed by atoms with E-state index in [4.69, 9.17) is 23.2 Å². The van der Waals surface area contributed by atoms with Gasteiger partial charge in [-0.1, -0.05) is 59.6 Å². The van der Waals surface area contributed by atoms with E-state index in [1.807, 2.05) is 36.4 Å². The molecule has 0 spiro atoms. The number of aromatic nitrogens is 2. The Morgan fingerprint density at radius 1 is 0.633 bits per heavy atom. The van der Waals surface area contributed by atoms with Crippen molar-refractivity contribution in [1.82, 2.24) is 9.97 Å². The van der Waals surface area contributed by atoms with Crippen molar-refractivity contribution in [2.75, 3.05) is 0 Å². The Morgan fingerprint density at radius 3 is 1.43 bits per heavy atom. The summed E-state index contributed by atoms with van der Waals surface area (Å²) in [5.74, 6) is -0.222. The summed E-state index contributed by atoms with van der Waals surface area (Å²) in [6.07, 6.45) is 0. The Labute approximate surface area is 200 Å². The van der Waals surface area contributed by atoms with Gasteiger partial charge in [-0.2, -0.15) is 0 Å². The lowest BCUT2D eigenvalue weighted by molar-refractivity contribution is 0.103. The fourth-order valence-electron chi connectivity index (χ4n) is 3.10.